The summed E-state index contributed by atoms with van der Waals surface area (Å²) in [6, 6.07) is 14.8. The van der Waals surface area contributed by atoms with Gasteiger partial charge in [-0.3, -0.25) is 9.69 Å². The molecular weight excluding hydrogens is 478 g/mol. The highest BCUT2D eigenvalue weighted by Crippen LogP contribution is 2.38. The number of esters is 1. The van der Waals surface area contributed by atoms with Gasteiger partial charge in [-0.25, -0.2) is 9.79 Å². The normalized spacial score (nSPS) is 16.9. The molecule has 2 aliphatic rings. The molecule has 0 saturated carbocycles. The summed E-state index contributed by atoms with van der Waals surface area (Å²) in [7, 11) is 1.71. The molecule has 0 N–H and O–H groups in total. The number of aryl methyl sites for hydroxylation is 1. The first-order chi connectivity index (χ1) is 17.4. The van der Waals surface area contributed by atoms with Crippen LogP contribution < -0.4 is 9.47 Å². The molecule has 2 aliphatic heterocycles. The Bertz CT molecular complexity index is 1440. The lowest BCUT2D eigenvalue weighted by atomic mass is 10.2. The van der Waals surface area contributed by atoms with Crippen LogP contribution in [-0.4, -0.2) is 47.0 Å². The zero-order valence-corrected chi connectivity index (χ0v) is 21.2. The van der Waals surface area contributed by atoms with E-state index in [1.165, 1.54) is 11.8 Å². The highest BCUT2D eigenvalue weighted by molar-refractivity contribution is 8.18. The van der Waals surface area contributed by atoms with Gasteiger partial charge in [0.05, 0.1) is 22.8 Å². The Balaban J connectivity index is 1.44. The fraction of sp³-hybridized carbons (Fsp3) is 0.222. The van der Waals surface area contributed by atoms with Gasteiger partial charge in [0.2, 0.25) is 6.79 Å². The largest absolute Gasteiger partial charge is 0.462 e. The minimum atomic E-state index is -0.352. The number of aromatic nitrogens is 1. The number of ether oxygens (including phenoxy) is 3. The lowest BCUT2D eigenvalue weighted by Crippen LogP contribution is -2.23. The molecule has 36 heavy (non-hydrogen) atoms. The van der Waals surface area contributed by atoms with Crippen LogP contribution >= 0.6 is 11.8 Å². The van der Waals surface area contributed by atoms with Gasteiger partial charge in [0, 0.05) is 30.2 Å². The van der Waals surface area contributed by atoms with Crippen molar-refractivity contribution in [2.24, 2.45) is 4.99 Å². The molecule has 0 bridgehead atoms. The van der Waals surface area contributed by atoms with Crippen molar-refractivity contribution < 1.29 is 23.8 Å². The maximum Gasteiger partial charge on any atom is 0.338 e. The molecule has 1 aromatic heterocycles. The van der Waals surface area contributed by atoms with E-state index in [4.69, 9.17) is 14.2 Å². The van der Waals surface area contributed by atoms with Crippen molar-refractivity contribution in [3.05, 3.63) is 76.0 Å². The van der Waals surface area contributed by atoms with E-state index in [0.29, 0.717) is 39.4 Å². The van der Waals surface area contributed by atoms with Crippen LogP contribution in [0.3, 0.4) is 0 Å². The first-order valence-corrected chi connectivity index (χ1v) is 12.3. The smallest absolute Gasteiger partial charge is 0.338 e. The third-order valence-corrected chi connectivity index (χ3v) is 7.02. The molecule has 1 amide bonds. The fourth-order valence-electron chi connectivity index (χ4n) is 4.18. The van der Waals surface area contributed by atoms with Crippen molar-refractivity contribution in [3.63, 3.8) is 0 Å². The van der Waals surface area contributed by atoms with E-state index in [-0.39, 0.29) is 18.7 Å². The number of thioether (sulfide) groups is 1. The first kappa shape index (κ1) is 23.7. The van der Waals surface area contributed by atoms with E-state index >= 15 is 0 Å². The number of benzene rings is 2. The minimum absolute atomic E-state index is 0.117. The average molecular weight is 504 g/mol. The Morgan fingerprint density at radius 2 is 1.94 bits per heavy atom. The van der Waals surface area contributed by atoms with Crippen LogP contribution in [0.15, 0.2) is 58.4 Å². The highest BCUT2D eigenvalue weighted by atomic mass is 32.2. The molecule has 0 radical (unpaired) electrons. The number of carbonyl (C=O) groups excluding carboxylic acids is 2. The van der Waals surface area contributed by atoms with Gasteiger partial charge in [0.15, 0.2) is 16.7 Å². The van der Waals surface area contributed by atoms with Crippen molar-refractivity contribution in [2.45, 2.75) is 20.8 Å². The van der Waals surface area contributed by atoms with E-state index in [9.17, 15) is 9.59 Å². The second kappa shape index (κ2) is 9.58. The fourth-order valence-corrected chi connectivity index (χ4v) is 5.15. The van der Waals surface area contributed by atoms with Gasteiger partial charge in [-0.2, -0.15) is 0 Å². The molecular formula is C27H25N3O5S. The van der Waals surface area contributed by atoms with Crippen molar-refractivity contribution in [1.82, 2.24) is 9.47 Å². The number of amides is 1. The molecule has 8 nitrogen and oxygen atoms in total. The molecule has 2 aromatic carbocycles. The third kappa shape index (κ3) is 4.37. The maximum absolute atomic E-state index is 13.0. The first-order valence-electron chi connectivity index (χ1n) is 11.5. The standard InChI is InChI=1S/C27H25N3O5S/c1-5-33-26(32)18-7-6-8-21(12-18)30-16(2)11-19(17(30)3)13-24-25(31)29(4)27(36-24)28-20-9-10-22-23(14-20)35-15-34-22/h6-14H,5,15H2,1-4H3/b24-13-,28-27?. The van der Waals surface area contributed by atoms with E-state index in [1.807, 2.05) is 56.3 Å². The molecule has 9 heteroatoms. The number of amidine groups is 1. The number of hydrogen-bond acceptors (Lipinski definition) is 7. The van der Waals surface area contributed by atoms with Crippen molar-refractivity contribution >= 4 is 40.6 Å². The summed E-state index contributed by atoms with van der Waals surface area (Å²) >= 11 is 1.33. The van der Waals surface area contributed by atoms with Gasteiger partial charge in [-0.05, 0) is 80.6 Å². The van der Waals surface area contributed by atoms with Gasteiger partial charge >= 0.3 is 5.97 Å². The Morgan fingerprint density at radius 3 is 2.75 bits per heavy atom. The Kier molecular flexibility index (Phi) is 6.32. The van der Waals surface area contributed by atoms with E-state index in [2.05, 4.69) is 9.56 Å². The third-order valence-electron chi connectivity index (χ3n) is 5.96. The zero-order chi connectivity index (χ0) is 25.4. The molecule has 3 aromatic rings. The van der Waals surface area contributed by atoms with Crippen molar-refractivity contribution in [1.29, 1.82) is 0 Å². The van der Waals surface area contributed by atoms with Gasteiger partial charge < -0.3 is 18.8 Å². The summed E-state index contributed by atoms with van der Waals surface area (Å²) in [5, 5.41) is 0.584. The monoisotopic (exact) mass is 503 g/mol. The number of hydrogen-bond donors (Lipinski definition) is 0. The van der Waals surface area contributed by atoms with Crippen LogP contribution in [0, 0.1) is 13.8 Å². The second-order valence-electron chi connectivity index (χ2n) is 8.34. The predicted octanol–water partition coefficient (Wildman–Crippen LogP) is 5.23. The van der Waals surface area contributed by atoms with Gasteiger partial charge in [0.25, 0.3) is 5.91 Å². The Hall–Kier alpha value is -3.98. The van der Waals surface area contributed by atoms with Crippen molar-refractivity contribution in [2.75, 3.05) is 20.4 Å². The molecule has 0 atom stereocenters. The molecule has 184 valence electrons. The van der Waals surface area contributed by atoms with Crippen LogP contribution in [0.4, 0.5) is 5.69 Å². The Morgan fingerprint density at radius 1 is 1.14 bits per heavy atom. The van der Waals surface area contributed by atoms with Crippen LogP contribution in [0.5, 0.6) is 11.5 Å². The minimum Gasteiger partial charge on any atom is -0.462 e. The van der Waals surface area contributed by atoms with Gasteiger partial charge in [-0.1, -0.05) is 6.07 Å². The lowest BCUT2D eigenvalue weighted by molar-refractivity contribution is -0.121. The molecule has 3 heterocycles. The quantitative estimate of drug-likeness (QED) is 0.350. The lowest BCUT2D eigenvalue weighted by Gasteiger charge is -2.11. The number of aliphatic imine (C=N–C) groups is 1. The maximum atomic E-state index is 13.0. The molecule has 0 unspecified atom stereocenters. The molecule has 1 saturated heterocycles. The number of carbonyl (C=O) groups is 2. The molecule has 0 aliphatic carbocycles. The highest BCUT2D eigenvalue weighted by Gasteiger charge is 2.31. The Labute approximate surface area is 213 Å². The van der Waals surface area contributed by atoms with Crippen LogP contribution in [0.1, 0.15) is 34.2 Å². The second-order valence-corrected chi connectivity index (χ2v) is 9.35. The van der Waals surface area contributed by atoms with E-state index in [1.54, 1.807) is 31.0 Å². The molecule has 5 rings (SSSR count). The van der Waals surface area contributed by atoms with Gasteiger partial charge in [0.1, 0.15) is 0 Å². The number of rotatable bonds is 5. The zero-order valence-electron chi connectivity index (χ0n) is 20.4. The van der Waals surface area contributed by atoms with Crippen LogP contribution in [0.2, 0.25) is 0 Å². The molecule has 1 fully saturated rings. The number of likely N-dealkylation sites (N-methyl/N-ethyl adjacent to an activating group) is 1. The summed E-state index contributed by atoms with van der Waals surface area (Å²) in [6.07, 6.45) is 1.89. The SMILES string of the molecule is CCOC(=O)c1cccc(-n2c(C)cc(/C=C3\SC(=Nc4ccc5c(c4)OCO5)N(C)C3=O)c2C)c1. The predicted molar refractivity (Wildman–Crippen MR) is 139 cm³/mol. The van der Waals surface area contributed by atoms with Crippen LogP contribution in [-0.2, 0) is 9.53 Å². The number of fused-ring (bicyclic) bond motifs is 1. The van der Waals surface area contributed by atoms with Crippen molar-refractivity contribution in [3.8, 4) is 17.2 Å². The average Bonchev–Trinajstić information content (AvgIpc) is 3.52. The van der Waals surface area contributed by atoms with Gasteiger partial charge in [-0.15, -0.1) is 0 Å². The summed E-state index contributed by atoms with van der Waals surface area (Å²) in [4.78, 5) is 32.0. The van der Waals surface area contributed by atoms with E-state index in [0.717, 1.165) is 22.6 Å². The topological polar surface area (TPSA) is 82.4 Å². The van der Waals surface area contributed by atoms with E-state index < -0.39 is 0 Å². The summed E-state index contributed by atoms with van der Waals surface area (Å²) in [5.41, 5.74) is 4.89. The summed E-state index contributed by atoms with van der Waals surface area (Å²) < 4.78 is 18.0. The number of nitrogens with zero attached hydrogens (tertiary/aromatic N) is 3. The summed E-state index contributed by atoms with van der Waals surface area (Å²) in [5.74, 6) is 0.860. The molecule has 0 spiro atoms. The summed E-state index contributed by atoms with van der Waals surface area (Å²) in [6.45, 7) is 6.29. The van der Waals surface area contributed by atoms with Crippen LogP contribution in [0.25, 0.3) is 11.8 Å².